The van der Waals surface area contributed by atoms with E-state index in [1.54, 1.807) is 6.07 Å². The smallest absolute Gasteiger partial charge is 0.303 e. The highest BCUT2D eigenvalue weighted by molar-refractivity contribution is 5.80. The van der Waals surface area contributed by atoms with E-state index in [0.29, 0.717) is 23.9 Å². The maximum absolute atomic E-state index is 12.1. The molecule has 5 nitrogen and oxygen atoms in total. The van der Waals surface area contributed by atoms with Gasteiger partial charge in [-0.05, 0) is 25.0 Å². The Hall–Kier alpha value is -2.17. The number of aliphatic carboxylic acids is 1. The zero-order chi connectivity index (χ0) is 13.1. The molecular weight excluding hydrogens is 232 g/mol. The minimum atomic E-state index is -0.854. The maximum atomic E-state index is 12.1. The number of rotatable bonds is 4. The van der Waals surface area contributed by atoms with Crippen LogP contribution in [0.1, 0.15) is 18.4 Å². The summed E-state index contributed by atoms with van der Waals surface area (Å²) in [5.74, 6) is -0.854. The molecule has 0 spiro atoms. The monoisotopic (exact) mass is 246 g/mol. The fourth-order valence-corrected chi connectivity index (χ4v) is 1.90. The SMILES string of the molecule is Cc1cccc2c(=O)n(CCCC(=O)O)cnc12. The molecule has 0 bridgehead atoms. The number of hydrogen-bond acceptors (Lipinski definition) is 3. The van der Waals surface area contributed by atoms with Gasteiger partial charge >= 0.3 is 5.97 Å². The van der Waals surface area contributed by atoms with Crippen molar-refractivity contribution in [3.8, 4) is 0 Å². The third-order valence-electron chi connectivity index (χ3n) is 2.84. The molecule has 1 heterocycles. The molecule has 5 heteroatoms. The number of carboxylic acids is 1. The quantitative estimate of drug-likeness (QED) is 0.888. The van der Waals surface area contributed by atoms with Crippen LogP contribution in [0.5, 0.6) is 0 Å². The number of nitrogens with zero attached hydrogens (tertiary/aromatic N) is 2. The van der Waals surface area contributed by atoms with Crippen LogP contribution in [0.25, 0.3) is 10.9 Å². The molecule has 18 heavy (non-hydrogen) atoms. The second kappa shape index (κ2) is 5.00. The molecule has 0 radical (unpaired) electrons. The lowest BCUT2D eigenvalue weighted by molar-refractivity contribution is -0.137. The van der Waals surface area contributed by atoms with Gasteiger partial charge in [0.05, 0.1) is 17.2 Å². The highest BCUT2D eigenvalue weighted by Crippen LogP contribution is 2.11. The number of carbonyl (C=O) groups is 1. The molecule has 0 fully saturated rings. The van der Waals surface area contributed by atoms with Crippen molar-refractivity contribution in [2.24, 2.45) is 0 Å². The first-order chi connectivity index (χ1) is 8.59. The van der Waals surface area contributed by atoms with Crippen molar-refractivity contribution >= 4 is 16.9 Å². The number of carboxylic acid groups (broad SMARTS) is 1. The first-order valence-electron chi connectivity index (χ1n) is 5.76. The standard InChI is InChI=1S/C13H14N2O3/c1-9-4-2-5-10-12(9)14-8-15(13(10)18)7-3-6-11(16)17/h2,4-5,8H,3,6-7H2,1H3,(H,16,17). The number of para-hydroxylation sites is 1. The summed E-state index contributed by atoms with van der Waals surface area (Å²) in [6.07, 6.45) is 1.96. The van der Waals surface area contributed by atoms with Crippen molar-refractivity contribution in [3.63, 3.8) is 0 Å². The van der Waals surface area contributed by atoms with E-state index in [1.807, 2.05) is 19.1 Å². The Morgan fingerprint density at radius 3 is 2.94 bits per heavy atom. The van der Waals surface area contributed by atoms with E-state index < -0.39 is 5.97 Å². The molecule has 0 aliphatic rings. The Morgan fingerprint density at radius 1 is 1.44 bits per heavy atom. The molecule has 94 valence electrons. The molecule has 0 atom stereocenters. The summed E-state index contributed by atoms with van der Waals surface area (Å²) >= 11 is 0. The van der Waals surface area contributed by atoms with Gasteiger partial charge in [-0.3, -0.25) is 14.2 Å². The molecule has 2 aromatic rings. The summed E-state index contributed by atoms with van der Waals surface area (Å²) in [4.78, 5) is 26.8. The van der Waals surface area contributed by atoms with Crippen molar-refractivity contribution in [2.75, 3.05) is 0 Å². The number of fused-ring (bicyclic) bond motifs is 1. The van der Waals surface area contributed by atoms with Crippen LogP contribution >= 0.6 is 0 Å². The van der Waals surface area contributed by atoms with Gasteiger partial charge in [-0.15, -0.1) is 0 Å². The first-order valence-corrected chi connectivity index (χ1v) is 5.76. The Labute approximate surface area is 104 Å². The van der Waals surface area contributed by atoms with Crippen LogP contribution in [0.15, 0.2) is 29.3 Å². The van der Waals surface area contributed by atoms with E-state index in [-0.39, 0.29) is 12.0 Å². The normalized spacial score (nSPS) is 10.7. The van der Waals surface area contributed by atoms with Gasteiger partial charge in [-0.25, -0.2) is 4.98 Å². The fraction of sp³-hybridized carbons (Fsp3) is 0.308. The highest BCUT2D eigenvalue weighted by Gasteiger charge is 2.06. The third kappa shape index (κ3) is 2.40. The molecule has 1 N–H and O–H groups in total. The lowest BCUT2D eigenvalue weighted by Crippen LogP contribution is -2.21. The molecule has 0 aliphatic carbocycles. The van der Waals surface area contributed by atoms with Crippen molar-refractivity contribution < 1.29 is 9.90 Å². The topological polar surface area (TPSA) is 72.2 Å². The summed E-state index contributed by atoms with van der Waals surface area (Å²) in [5.41, 5.74) is 1.55. The number of hydrogen-bond donors (Lipinski definition) is 1. The first kappa shape index (κ1) is 12.3. The maximum Gasteiger partial charge on any atom is 0.303 e. The van der Waals surface area contributed by atoms with Gasteiger partial charge in [0.25, 0.3) is 5.56 Å². The number of benzene rings is 1. The lowest BCUT2D eigenvalue weighted by atomic mass is 10.1. The van der Waals surface area contributed by atoms with Crippen molar-refractivity contribution in [1.82, 2.24) is 9.55 Å². The molecule has 1 aromatic carbocycles. The van der Waals surface area contributed by atoms with E-state index >= 15 is 0 Å². The van der Waals surface area contributed by atoms with Gasteiger partial charge in [-0.2, -0.15) is 0 Å². The van der Waals surface area contributed by atoms with Crippen LogP contribution in [-0.4, -0.2) is 20.6 Å². The lowest BCUT2D eigenvalue weighted by Gasteiger charge is -2.06. The van der Waals surface area contributed by atoms with Crippen LogP contribution in [0.4, 0.5) is 0 Å². The molecule has 0 saturated heterocycles. The Morgan fingerprint density at radius 2 is 2.22 bits per heavy atom. The Kier molecular flexibility index (Phi) is 3.41. The summed E-state index contributed by atoms with van der Waals surface area (Å²) in [5, 5.41) is 9.14. The van der Waals surface area contributed by atoms with Gasteiger partial charge in [0.15, 0.2) is 0 Å². The van der Waals surface area contributed by atoms with E-state index in [1.165, 1.54) is 10.9 Å². The van der Waals surface area contributed by atoms with Crippen molar-refractivity contribution in [1.29, 1.82) is 0 Å². The Balaban J connectivity index is 2.34. The van der Waals surface area contributed by atoms with Gasteiger partial charge in [0.2, 0.25) is 0 Å². The zero-order valence-electron chi connectivity index (χ0n) is 10.1. The second-order valence-corrected chi connectivity index (χ2v) is 4.21. The van der Waals surface area contributed by atoms with E-state index in [4.69, 9.17) is 5.11 Å². The van der Waals surface area contributed by atoms with Crippen LogP contribution in [0, 0.1) is 6.92 Å². The summed E-state index contributed by atoms with van der Waals surface area (Å²) in [7, 11) is 0. The fourth-order valence-electron chi connectivity index (χ4n) is 1.90. The average Bonchev–Trinajstić information content (AvgIpc) is 2.32. The van der Waals surface area contributed by atoms with Crippen molar-refractivity contribution in [3.05, 3.63) is 40.4 Å². The van der Waals surface area contributed by atoms with E-state index in [2.05, 4.69) is 4.98 Å². The Bertz CT molecular complexity index is 646. The predicted molar refractivity (Wildman–Crippen MR) is 67.6 cm³/mol. The van der Waals surface area contributed by atoms with Crippen LogP contribution < -0.4 is 5.56 Å². The van der Waals surface area contributed by atoms with Crippen LogP contribution in [-0.2, 0) is 11.3 Å². The van der Waals surface area contributed by atoms with Gasteiger partial charge in [0.1, 0.15) is 0 Å². The molecule has 0 unspecified atom stereocenters. The minimum Gasteiger partial charge on any atom is -0.481 e. The average molecular weight is 246 g/mol. The largest absolute Gasteiger partial charge is 0.481 e. The third-order valence-corrected chi connectivity index (χ3v) is 2.84. The van der Waals surface area contributed by atoms with Crippen LogP contribution in [0.2, 0.25) is 0 Å². The van der Waals surface area contributed by atoms with Gasteiger partial charge in [-0.1, -0.05) is 12.1 Å². The number of aromatic nitrogens is 2. The number of aryl methyl sites for hydroxylation is 2. The molecule has 2 rings (SSSR count). The molecule has 0 saturated carbocycles. The molecule has 1 aromatic heterocycles. The zero-order valence-corrected chi connectivity index (χ0v) is 10.1. The van der Waals surface area contributed by atoms with Crippen LogP contribution in [0.3, 0.4) is 0 Å². The highest BCUT2D eigenvalue weighted by atomic mass is 16.4. The summed E-state index contributed by atoms with van der Waals surface area (Å²) < 4.78 is 1.46. The molecule has 0 aliphatic heterocycles. The molecule has 0 amide bonds. The molecular formula is C13H14N2O3. The van der Waals surface area contributed by atoms with Gasteiger partial charge < -0.3 is 5.11 Å². The minimum absolute atomic E-state index is 0.0539. The van der Waals surface area contributed by atoms with E-state index in [0.717, 1.165) is 5.56 Å². The predicted octanol–water partition coefficient (Wildman–Crippen LogP) is 1.57. The van der Waals surface area contributed by atoms with Gasteiger partial charge in [0, 0.05) is 13.0 Å². The van der Waals surface area contributed by atoms with E-state index in [9.17, 15) is 9.59 Å². The van der Waals surface area contributed by atoms with Crippen molar-refractivity contribution in [2.45, 2.75) is 26.3 Å². The second-order valence-electron chi connectivity index (χ2n) is 4.21. The summed E-state index contributed by atoms with van der Waals surface area (Å²) in [6.45, 7) is 2.28. The summed E-state index contributed by atoms with van der Waals surface area (Å²) in [6, 6.07) is 5.47.